The fourth-order valence-electron chi connectivity index (χ4n) is 3.00. The fourth-order valence-corrected chi connectivity index (χ4v) is 4.39. The average molecular weight is 358 g/mol. The van der Waals surface area contributed by atoms with Crippen molar-refractivity contribution < 1.29 is 14.3 Å². The van der Waals surface area contributed by atoms with Gasteiger partial charge in [0.05, 0.1) is 12.2 Å². The molecule has 5 nitrogen and oxygen atoms in total. The summed E-state index contributed by atoms with van der Waals surface area (Å²) in [5, 5.41) is 3.51. The molecular weight excluding hydrogens is 336 g/mol. The molecule has 0 radical (unpaired) electrons. The molecule has 2 heterocycles. The second kappa shape index (κ2) is 7.78. The van der Waals surface area contributed by atoms with E-state index in [4.69, 9.17) is 4.74 Å². The van der Waals surface area contributed by atoms with E-state index in [-0.39, 0.29) is 11.9 Å². The number of rotatable bonds is 5. The number of anilines is 1. The normalized spacial score (nSPS) is 16.2. The summed E-state index contributed by atoms with van der Waals surface area (Å²) in [7, 11) is 0. The Balaban J connectivity index is 1.92. The van der Waals surface area contributed by atoms with Crippen LogP contribution in [0.3, 0.4) is 0 Å². The molecule has 2 aromatic rings. The Bertz CT molecular complexity index is 770. The quantitative estimate of drug-likeness (QED) is 0.818. The van der Waals surface area contributed by atoms with Gasteiger partial charge in [-0.1, -0.05) is 13.8 Å². The summed E-state index contributed by atoms with van der Waals surface area (Å²) < 4.78 is 5.36. The van der Waals surface area contributed by atoms with Crippen molar-refractivity contribution in [2.45, 2.75) is 39.5 Å². The standard InChI is InChI=1S/C19H22N2O3S/c1-3-10-24-19(23)16-14-5-4-12(2)11-15(14)25-18(16)21-17(22)13-6-8-20-9-7-13/h6-9,12H,3-5,10-11H2,1-2H3,(H,21,22). The summed E-state index contributed by atoms with van der Waals surface area (Å²) in [6.07, 6.45) is 6.77. The molecule has 1 atom stereocenters. The number of thiophene rings is 1. The topological polar surface area (TPSA) is 68.3 Å². The minimum Gasteiger partial charge on any atom is -0.462 e. The third-order valence-corrected chi connectivity index (χ3v) is 5.49. The van der Waals surface area contributed by atoms with E-state index in [2.05, 4.69) is 17.2 Å². The monoisotopic (exact) mass is 358 g/mol. The molecule has 1 aliphatic carbocycles. The molecule has 0 aliphatic heterocycles. The van der Waals surface area contributed by atoms with Gasteiger partial charge >= 0.3 is 5.97 Å². The Hall–Kier alpha value is -2.21. The predicted octanol–water partition coefficient (Wildman–Crippen LogP) is 4.09. The minimum absolute atomic E-state index is 0.237. The molecule has 0 aromatic carbocycles. The van der Waals surface area contributed by atoms with E-state index in [9.17, 15) is 9.59 Å². The molecule has 0 saturated heterocycles. The average Bonchev–Trinajstić information content (AvgIpc) is 2.97. The van der Waals surface area contributed by atoms with Crippen LogP contribution in [0.2, 0.25) is 0 Å². The van der Waals surface area contributed by atoms with Crippen LogP contribution in [0.4, 0.5) is 5.00 Å². The van der Waals surface area contributed by atoms with E-state index < -0.39 is 0 Å². The molecule has 132 valence electrons. The second-order valence-electron chi connectivity index (χ2n) is 6.38. The Morgan fingerprint density at radius 2 is 2.12 bits per heavy atom. The fraction of sp³-hybridized carbons (Fsp3) is 0.421. The SMILES string of the molecule is CCCOC(=O)c1c(NC(=O)c2ccncc2)sc2c1CCC(C)C2. The van der Waals surface area contributed by atoms with Gasteiger partial charge in [0.25, 0.3) is 5.91 Å². The van der Waals surface area contributed by atoms with E-state index in [1.165, 1.54) is 16.2 Å². The zero-order valence-electron chi connectivity index (χ0n) is 14.5. The van der Waals surface area contributed by atoms with E-state index in [1.54, 1.807) is 24.5 Å². The van der Waals surface area contributed by atoms with Gasteiger partial charge in [0, 0.05) is 22.8 Å². The van der Waals surface area contributed by atoms with Crippen molar-refractivity contribution >= 4 is 28.2 Å². The highest BCUT2D eigenvalue weighted by molar-refractivity contribution is 7.17. The molecular formula is C19H22N2O3S. The number of nitrogens with one attached hydrogen (secondary N) is 1. The van der Waals surface area contributed by atoms with Gasteiger partial charge in [-0.2, -0.15) is 0 Å². The van der Waals surface area contributed by atoms with Crippen LogP contribution in [0.15, 0.2) is 24.5 Å². The lowest BCUT2D eigenvalue weighted by Crippen LogP contribution is -2.17. The van der Waals surface area contributed by atoms with Crippen LogP contribution < -0.4 is 5.32 Å². The summed E-state index contributed by atoms with van der Waals surface area (Å²) in [4.78, 5) is 30.2. The van der Waals surface area contributed by atoms with Crippen LogP contribution in [0, 0.1) is 5.92 Å². The summed E-state index contributed by atoms with van der Waals surface area (Å²) in [6.45, 7) is 4.56. The number of nitrogens with zero attached hydrogens (tertiary/aromatic N) is 1. The number of amides is 1. The van der Waals surface area contributed by atoms with E-state index >= 15 is 0 Å². The lowest BCUT2D eigenvalue weighted by Gasteiger charge is -2.18. The number of aromatic nitrogens is 1. The van der Waals surface area contributed by atoms with E-state index in [0.717, 1.165) is 31.2 Å². The number of fused-ring (bicyclic) bond motifs is 1. The zero-order valence-corrected chi connectivity index (χ0v) is 15.3. The van der Waals surface area contributed by atoms with Crippen LogP contribution >= 0.6 is 11.3 Å². The molecule has 1 amide bonds. The molecule has 0 spiro atoms. The van der Waals surface area contributed by atoms with Gasteiger partial charge in [-0.15, -0.1) is 11.3 Å². The highest BCUT2D eigenvalue weighted by Gasteiger charge is 2.29. The number of ether oxygens (including phenoxy) is 1. The number of hydrogen-bond donors (Lipinski definition) is 1. The van der Waals surface area contributed by atoms with E-state index in [0.29, 0.717) is 28.7 Å². The molecule has 1 unspecified atom stereocenters. The largest absolute Gasteiger partial charge is 0.462 e. The molecule has 0 bridgehead atoms. The summed E-state index contributed by atoms with van der Waals surface area (Å²) >= 11 is 1.50. The molecule has 2 aromatic heterocycles. The maximum atomic E-state index is 12.6. The van der Waals surface area contributed by atoms with Gasteiger partial charge in [0.2, 0.25) is 0 Å². The third kappa shape index (κ3) is 3.90. The van der Waals surface area contributed by atoms with E-state index in [1.807, 2.05) is 6.92 Å². The van der Waals surface area contributed by atoms with Gasteiger partial charge in [0.1, 0.15) is 5.00 Å². The summed E-state index contributed by atoms with van der Waals surface area (Å²) in [5.74, 6) is 0.0203. The van der Waals surface area contributed by atoms with Crippen molar-refractivity contribution in [2.24, 2.45) is 5.92 Å². The zero-order chi connectivity index (χ0) is 17.8. The lowest BCUT2D eigenvalue weighted by molar-refractivity contribution is 0.0505. The van der Waals surface area contributed by atoms with Crippen molar-refractivity contribution in [3.8, 4) is 0 Å². The molecule has 1 N–H and O–H groups in total. The van der Waals surface area contributed by atoms with Gasteiger partial charge in [-0.25, -0.2) is 4.79 Å². The Labute approximate surface area is 151 Å². The van der Waals surface area contributed by atoms with Gasteiger partial charge < -0.3 is 10.1 Å². The Morgan fingerprint density at radius 3 is 2.84 bits per heavy atom. The number of carbonyl (C=O) groups excluding carboxylic acids is 2. The Morgan fingerprint density at radius 1 is 1.36 bits per heavy atom. The number of esters is 1. The van der Waals surface area contributed by atoms with Crippen LogP contribution in [0.1, 0.15) is 57.8 Å². The van der Waals surface area contributed by atoms with Crippen molar-refractivity contribution in [1.29, 1.82) is 0 Å². The van der Waals surface area contributed by atoms with Gasteiger partial charge in [-0.3, -0.25) is 9.78 Å². The Kier molecular flexibility index (Phi) is 5.48. The predicted molar refractivity (Wildman–Crippen MR) is 98.3 cm³/mol. The van der Waals surface area contributed by atoms with Crippen molar-refractivity contribution in [3.05, 3.63) is 46.1 Å². The first-order valence-corrected chi connectivity index (χ1v) is 9.44. The molecule has 0 saturated carbocycles. The number of pyridine rings is 1. The van der Waals surface area contributed by atoms with Crippen LogP contribution in [-0.4, -0.2) is 23.5 Å². The molecule has 25 heavy (non-hydrogen) atoms. The maximum Gasteiger partial charge on any atom is 0.341 e. The van der Waals surface area contributed by atoms with Gasteiger partial charge in [-0.05, 0) is 49.3 Å². The molecule has 3 rings (SSSR count). The highest BCUT2D eigenvalue weighted by Crippen LogP contribution is 2.40. The first-order valence-electron chi connectivity index (χ1n) is 8.63. The number of carbonyl (C=O) groups is 2. The third-order valence-electron chi connectivity index (χ3n) is 4.32. The maximum absolute atomic E-state index is 12.6. The first kappa shape index (κ1) is 17.6. The summed E-state index contributed by atoms with van der Waals surface area (Å²) in [6, 6.07) is 3.31. The van der Waals surface area contributed by atoms with Crippen molar-refractivity contribution in [3.63, 3.8) is 0 Å². The smallest absolute Gasteiger partial charge is 0.341 e. The van der Waals surface area contributed by atoms with Crippen molar-refractivity contribution in [1.82, 2.24) is 4.98 Å². The van der Waals surface area contributed by atoms with Crippen LogP contribution in [0.5, 0.6) is 0 Å². The highest BCUT2D eigenvalue weighted by atomic mass is 32.1. The second-order valence-corrected chi connectivity index (χ2v) is 7.49. The molecule has 6 heteroatoms. The number of hydrogen-bond acceptors (Lipinski definition) is 5. The van der Waals surface area contributed by atoms with Crippen molar-refractivity contribution in [2.75, 3.05) is 11.9 Å². The first-order chi connectivity index (χ1) is 12.1. The molecule has 0 fully saturated rings. The minimum atomic E-state index is -0.334. The van der Waals surface area contributed by atoms with Crippen LogP contribution in [-0.2, 0) is 17.6 Å². The molecule has 1 aliphatic rings. The van der Waals surface area contributed by atoms with Crippen LogP contribution in [0.25, 0.3) is 0 Å². The lowest BCUT2D eigenvalue weighted by atomic mass is 9.88. The summed E-state index contributed by atoms with van der Waals surface area (Å²) in [5.41, 5.74) is 2.11. The van der Waals surface area contributed by atoms with Gasteiger partial charge in [0.15, 0.2) is 0 Å².